The third kappa shape index (κ3) is 1.68. The van der Waals surface area contributed by atoms with E-state index in [9.17, 15) is 9.18 Å². The standard InChI is InChI=1S/C14H9FN2O/c15-10-4-1-3-9(7-10)13(18)12-8-17-14-11(12)5-2-6-16-14/h1-8H,(H,16,17). The Balaban J connectivity index is 2.12. The normalized spacial score (nSPS) is 10.7. The molecule has 0 saturated carbocycles. The Morgan fingerprint density at radius 2 is 2.11 bits per heavy atom. The third-order valence-corrected chi connectivity index (χ3v) is 2.78. The number of halogens is 1. The van der Waals surface area contributed by atoms with E-state index in [1.807, 2.05) is 6.07 Å². The van der Waals surface area contributed by atoms with Crippen LogP contribution in [0, 0.1) is 5.82 Å². The van der Waals surface area contributed by atoms with E-state index in [1.54, 1.807) is 24.5 Å². The fraction of sp³-hybridized carbons (Fsp3) is 0. The highest BCUT2D eigenvalue weighted by Crippen LogP contribution is 2.19. The lowest BCUT2D eigenvalue weighted by Crippen LogP contribution is -2.00. The Morgan fingerprint density at radius 1 is 1.22 bits per heavy atom. The number of H-pyrrole nitrogens is 1. The smallest absolute Gasteiger partial charge is 0.195 e. The van der Waals surface area contributed by atoms with E-state index >= 15 is 0 Å². The number of ketones is 1. The molecule has 2 heterocycles. The molecule has 0 unspecified atom stereocenters. The van der Waals surface area contributed by atoms with E-state index < -0.39 is 5.82 Å². The number of carbonyl (C=O) groups is 1. The summed E-state index contributed by atoms with van der Waals surface area (Å²) in [5.74, 6) is -0.632. The summed E-state index contributed by atoms with van der Waals surface area (Å²) in [5.41, 5.74) is 1.49. The van der Waals surface area contributed by atoms with Crippen molar-refractivity contribution in [2.24, 2.45) is 0 Å². The predicted molar refractivity (Wildman–Crippen MR) is 65.9 cm³/mol. The molecule has 1 aromatic carbocycles. The highest BCUT2D eigenvalue weighted by Gasteiger charge is 2.14. The third-order valence-electron chi connectivity index (χ3n) is 2.78. The quantitative estimate of drug-likeness (QED) is 0.700. The Bertz CT molecular complexity index is 733. The first-order valence-corrected chi connectivity index (χ1v) is 5.48. The monoisotopic (exact) mass is 240 g/mol. The summed E-state index contributed by atoms with van der Waals surface area (Å²) in [7, 11) is 0. The molecule has 0 saturated heterocycles. The van der Waals surface area contributed by atoms with Gasteiger partial charge in [0.1, 0.15) is 11.5 Å². The zero-order valence-electron chi connectivity index (χ0n) is 9.35. The van der Waals surface area contributed by atoms with Crippen molar-refractivity contribution >= 4 is 16.8 Å². The molecular formula is C14H9FN2O. The summed E-state index contributed by atoms with van der Waals surface area (Å²) in [6, 6.07) is 9.24. The van der Waals surface area contributed by atoms with Crippen LogP contribution in [0.4, 0.5) is 4.39 Å². The predicted octanol–water partition coefficient (Wildman–Crippen LogP) is 2.93. The fourth-order valence-electron chi connectivity index (χ4n) is 1.93. The van der Waals surface area contributed by atoms with Crippen LogP contribution in [-0.4, -0.2) is 15.8 Å². The molecule has 0 aliphatic heterocycles. The van der Waals surface area contributed by atoms with Crippen LogP contribution >= 0.6 is 0 Å². The number of pyridine rings is 1. The number of benzene rings is 1. The lowest BCUT2D eigenvalue weighted by Gasteiger charge is -1.99. The van der Waals surface area contributed by atoms with Gasteiger partial charge in [-0.2, -0.15) is 0 Å². The van der Waals surface area contributed by atoms with Crippen molar-refractivity contribution in [3.05, 3.63) is 65.7 Å². The molecule has 0 bridgehead atoms. The van der Waals surface area contributed by atoms with Crippen molar-refractivity contribution in [3.8, 4) is 0 Å². The number of aromatic amines is 1. The number of fused-ring (bicyclic) bond motifs is 1. The van der Waals surface area contributed by atoms with E-state index in [4.69, 9.17) is 0 Å². The van der Waals surface area contributed by atoms with Crippen LogP contribution in [0.2, 0.25) is 0 Å². The number of aromatic nitrogens is 2. The molecule has 0 fully saturated rings. The van der Waals surface area contributed by atoms with E-state index in [1.165, 1.54) is 18.2 Å². The van der Waals surface area contributed by atoms with Gasteiger partial charge in [0.15, 0.2) is 5.78 Å². The van der Waals surface area contributed by atoms with Gasteiger partial charge in [0.2, 0.25) is 0 Å². The Hall–Kier alpha value is -2.49. The molecule has 18 heavy (non-hydrogen) atoms. The number of nitrogens with one attached hydrogen (secondary N) is 1. The lowest BCUT2D eigenvalue weighted by molar-refractivity contribution is 0.104. The maximum Gasteiger partial charge on any atom is 0.195 e. The zero-order valence-corrected chi connectivity index (χ0v) is 9.35. The van der Waals surface area contributed by atoms with Gasteiger partial charge in [-0.05, 0) is 24.3 Å². The summed E-state index contributed by atoms with van der Waals surface area (Å²) in [6.07, 6.45) is 3.25. The van der Waals surface area contributed by atoms with Gasteiger partial charge in [-0.3, -0.25) is 4.79 Å². The second kappa shape index (κ2) is 4.07. The summed E-state index contributed by atoms with van der Waals surface area (Å²) in [4.78, 5) is 19.3. The average Bonchev–Trinajstić information content (AvgIpc) is 2.82. The van der Waals surface area contributed by atoms with E-state index in [0.717, 1.165) is 5.39 Å². The SMILES string of the molecule is O=C(c1cccc(F)c1)c1c[nH]c2ncccc12. The summed E-state index contributed by atoms with van der Waals surface area (Å²) in [5, 5.41) is 0.742. The van der Waals surface area contributed by atoms with Crippen molar-refractivity contribution in [1.82, 2.24) is 9.97 Å². The zero-order chi connectivity index (χ0) is 12.5. The fourth-order valence-corrected chi connectivity index (χ4v) is 1.93. The van der Waals surface area contributed by atoms with Crippen LogP contribution < -0.4 is 0 Å². The van der Waals surface area contributed by atoms with Crippen LogP contribution in [0.15, 0.2) is 48.8 Å². The Kier molecular flexibility index (Phi) is 2.41. The summed E-state index contributed by atoms with van der Waals surface area (Å²) >= 11 is 0. The maximum atomic E-state index is 13.1. The van der Waals surface area contributed by atoms with E-state index in [0.29, 0.717) is 16.8 Å². The molecule has 0 aliphatic carbocycles. The van der Waals surface area contributed by atoms with Gasteiger partial charge >= 0.3 is 0 Å². The molecule has 0 spiro atoms. The van der Waals surface area contributed by atoms with Crippen molar-refractivity contribution in [2.45, 2.75) is 0 Å². The van der Waals surface area contributed by atoms with Crippen molar-refractivity contribution in [1.29, 1.82) is 0 Å². The highest BCUT2D eigenvalue weighted by molar-refractivity contribution is 6.15. The molecule has 0 amide bonds. The molecule has 3 aromatic rings. The van der Waals surface area contributed by atoms with Crippen molar-refractivity contribution in [3.63, 3.8) is 0 Å². The molecule has 2 aromatic heterocycles. The number of nitrogens with zero attached hydrogens (tertiary/aromatic N) is 1. The van der Waals surface area contributed by atoms with Gasteiger partial charge < -0.3 is 4.98 Å². The second-order valence-electron chi connectivity index (χ2n) is 3.94. The molecule has 88 valence electrons. The van der Waals surface area contributed by atoms with Gasteiger partial charge in [-0.1, -0.05) is 12.1 Å². The summed E-state index contributed by atoms with van der Waals surface area (Å²) < 4.78 is 13.1. The van der Waals surface area contributed by atoms with Crippen LogP contribution in [0.3, 0.4) is 0 Å². The van der Waals surface area contributed by atoms with Gasteiger partial charge in [0, 0.05) is 28.9 Å². The first-order chi connectivity index (χ1) is 8.75. The van der Waals surface area contributed by atoms with Gasteiger partial charge in [-0.25, -0.2) is 9.37 Å². The molecule has 1 N–H and O–H groups in total. The first kappa shape index (κ1) is 10.7. The van der Waals surface area contributed by atoms with Crippen LogP contribution in [-0.2, 0) is 0 Å². The minimum absolute atomic E-state index is 0.214. The van der Waals surface area contributed by atoms with Gasteiger partial charge in [0.25, 0.3) is 0 Å². The lowest BCUT2D eigenvalue weighted by atomic mass is 10.0. The minimum Gasteiger partial charge on any atom is -0.345 e. The summed E-state index contributed by atoms with van der Waals surface area (Å²) in [6.45, 7) is 0. The number of hydrogen-bond acceptors (Lipinski definition) is 2. The highest BCUT2D eigenvalue weighted by atomic mass is 19.1. The molecule has 3 rings (SSSR count). The maximum absolute atomic E-state index is 13.1. The Morgan fingerprint density at radius 3 is 2.94 bits per heavy atom. The Labute approximate surface area is 102 Å². The van der Waals surface area contributed by atoms with Crippen LogP contribution in [0.1, 0.15) is 15.9 Å². The van der Waals surface area contributed by atoms with E-state index in [-0.39, 0.29) is 5.78 Å². The second-order valence-corrected chi connectivity index (χ2v) is 3.94. The minimum atomic E-state index is -0.418. The van der Waals surface area contributed by atoms with E-state index in [2.05, 4.69) is 9.97 Å². The number of rotatable bonds is 2. The topological polar surface area (TPSA) is 45.8 Å². The first-order valence-electron chi connectivity index (χ1n) is 5.48. The molecule has 0 radical (unpaired) electrons. The molecule has 0 aliphatic rings. The van der Waals surface area contributed by atoms with Crippen LogP contribution in [0.5, 0.6) is 0 Å². The van der Waals surface area contributed by atoms with Crippen molar-refractivity contribution < 1.29 is 9.18 Å². The molecule has 4 heteroatoms. The van der Waals surface area contributed by atoms with Crippen LogP contribution in [0.25, 0.3) is 11.0 Å². The number of carbonyl (C=O) groups excluding carboxylic acids is 1. The average molecular weight is 240 g/mol. The molecule has 3 nitrogen and oxygen atoms in total. The van der Waals surface area contributed by atoms with Crippen molar-refractivity contribution in [2.75, 3.05) is 0 Å². The van der Waals surface area contributed by atoms with Gasteiger partial charge in [-0.15, -0.1) is 0 Å². The molecule has 0 atom stereocenters. The van der Waals surface area contributed by atoms with Gasteiger partial charge in [0.05, 0.1) is 0 Å². The molecular weight excluding hydrogens is 231 g/mol. The largest absolute Gasteiger partial charge is 0.345 e. The number of hydrogen-bond donors (Lipinski definition) is 1.